The zero-order valence-corrected chi connectivity index (χ0v) is 14.7. The second-order valence-electron chi connectivity index (χ2n) is 6.71. The minimum atomic E-state index is 0. The number of halogens is 2. The van der Waals surface area contributed by atoms with Gasteiger partial charge in [0.05, 0.1) is 0 Å². The van der Waals surface area contributed by atoms with Gasteiger partial charge in [0, 0.05) is 10.7 Å². The minimum absolute atomic E-state index is 0. The molecule has 6 unspecified atom stereocenters. The number of alkyl halides is 2. The van der Waals surface area contributed by atoms with Gasteiger partial charge in [-0.2, -0.15) is 0 Å². The molecule has 0 saturated heterocycles. The largest absolute Gasteiger partial charge is 0.0928 e. The van der Waals surface area contributed by atoms with E-state index in [4.69, 9.17) is 0 Å². The summed E-state index contributed by atoms with van der Waals surface area (Å²) in [4.78, 5) is 0. The Hall–Kier alpha value is 0.440. The van der Waals surface area contributed by atoms with Gasteiger partial charge in [-0.1, -0.05) is 78.4 Å². The smallest absolute Gasteiger partial charge is 0.00655 e. The zero-order valence-electron chi connectivity index (χ0n) is 11.5. The summed E-state index contributed by atoms with van der Waals surface area (Å²) in [6.07, 6.45) is 16.8. The maximum absolute atomic E-state index is 3.54. The second-order valence-corrected chi connectivity index (χ2v) is 8.15. The summed E-state index contributed by atoms with van der Waals surface area (Å²) in [6.45, 7) is 0. The van der Waals surface area contributed by atoms with Crippen molar-refractivity contribution in [1.82, 2.24) is 0 Å². The quantitative estimate of drug-likeness (QED) is 0.318. The SMILES string of the molecule is BrCC1CC2C=CC1C2.BrCCC1CC2C=CC1C2.C.C.C. The molecule has 0 spiro atoms. The highest BCUT2D eigenvalue weighted by Crippen LogP contribution is 2.45. The van der Waals surface area contributed by atoms with Crippen LogP contribution in [0, 0.1) is 35.5 Å². The molecule has 4 aliphatic carbocycles. The van der Waals surface area contributed by atoms with Crippen molar-refractivity contribution in [1.29, 1.82) is 0 Å². The van der Waals surface area contributed by atoms with Crippen LogP contribution in [0.3, 0.4) is 0 Å². The van der Waals surface area contributed by atoms with Crippen molar-refractivity contribution in [3.8, 4) is 0 Å². The van der Waals surface area contributed by atoms with Crippen LogP contribution in [0.2, 0.25) is 0 Å². The maximum atomic E-state index is 3.54. The van der Waals surface area contributed by atoms with Crippen LogP contribution in [0.15, 0.2) is 24.3 Å². The van der Waals surface area contributed by atoms with E-state index in [9.17, 15) is 0 Å². The Bertz CT molecular complexity index is 361. The monoisotopic (exact) mass is 434 g/mol. The molecule has 0 N–H and O–H groups in total. The lowest BCUT2D eigenvalue weighted by atomic mass is 9.91. The molecule has 4 bridgehead atoms. The number of hydrogen-bond acceptors (Lipinski definition) is 0. The van der Waals surface area contributed by atoms with Gasteiger partial charge in [-0.3, -0.25) is 0 Å². The fourth-order valence-corrected chi connectivity index (χ4v) is 5.77. The van der Waals surface area contributed by atoms with Gasteiger partial charge in [-0.25, -0.2) is 0 Å². The average molecular weight is 436 g/mol. The maximum Gasteiger partial charge on any atom is 0.00655 e. The summed E-state index contributed by atoms with van der Waals surface area (Å²) in [6, 6.07) is 0. The highest BCUT2D eigenvalue weighted by molar-refractivity contribution is 9.09. The zero-order chi connectivity index (χ0) is 13.2. The molecule has 4 aliphatic rings. The lowest BCUT2D eigenvalue weighted by Gasteiger charge is -2.15. The standard InChI is InChI=1S/C9H13Br.C8H11Br.3CH4/c10-4-3-9-6-7-1-2-8(9)5-7;9-5-8-4-6-1-2-7(8)3-6;;;/h1-2,7-9H,3-6H2;1-2,6-8H,3-5H2;3*1H4. The van der Waals surface area contributed by atoms with Crippen LogP contribution in [-0.2, 0) is 0 Å². The summed E-state index contributed by atoms with van der Waals surface area (Å²) in [5.74, 6) is 5.73. The van der Waals surface area contributed by atoms with E-state index < -0.39 is 0 Å². The fraction of sp³-hybridized carbons (Fsp3) is 0.800. The third kappa shape index (κ3) is 4.97. The van der Waals surface area contributed by atoms with Crippen LogP contribution < -0.4 is 0 Å². The summed E-state index contributed by atoms with van der Waals surface area (Å²) in [7, 11) is 0. The van der Waals surface area contributed by atoms with Crippen molar-refractivity contribution in [2.24, 2.45) is 35.5 Å². The molecule has 2 saturated carbocycles. The molecule has 0 aliphatic heterocycles. The van der Waals surface area contributed by atoms with E-state index >= 15 is 0 Å². The molecule has 0 nitrogen and oxygen atoms in total. The van der Waals surface area contributed by atoms with Crippen LogP contribution in [0.25, 0.3) is 0 Å². The number of fused-ring (bicyclic) bond motifs is 4. The average Bonchev–Trinajstić information content (AvgIpc) is 3.19. The Labute approximate surface area is 156 Å². The van der Waals surface area contributed by atoms with Crippen molar-refractivity contribution in [2.75, 3.05) is 10.7 Å². The molecular weight excluding hydrogens is 400 g/mol. The van der Waals surface area contributed by atoms with Gasteiger partial charge in [-0.05, 0) is 67.6 Å². The predicted molar refractivity (Wildman–Crippen MR) is 110 cm³/mol. The molecule has 0 aromatic heterocycles. The van der Waals surface area contributed by atoms with Gasteiger partial charge in [-0.15, -0.1) is 0 Å². The van der Waals surface area contributed by atoms with Crippen molar-refractivity contribution in [2.45, 2.75) is 54.4 Å². The number of rotatable bonds is 3. The first kappa shape index (κ1) is 22.4. The predicted octanol–water partition coefficient (Wildman–Crippen LogP) is 7.49. The molecule has 2 heteroatoms. The molecule has 130 valence electrons. The van der Waals surface area contributed by atoms with Gasteiger partial charge >= 0.3 is 0 Å². The lowest BCUT2D eigenvalue weighted by molar-refractivity contribution is 0.438. The van der Waals surface area contributed by atoms with E-state index in [0.29, 0.717) is 0 Å². The van der Waals surface area contributed by atoms with Crippen LogP contribution in [0.5, 0.6) is 0 Å². The molecule has 0 heterocycles. The molecule has 0 amide bonds. The van der Waals surface area contributed by atoms with Crippen molar-refractivity contribution >= 4 is 31.9 Å². The normalized spacial score (nSPS) is 38.6. The number of hydrogen-bond donors (Lipinski definition) is 0. The minimum Gasteiger partial charge on any atom is -0.0928 e. The summed E-state index contributed by atoms with van der Waals surface area (Å²) in [5, 5.41) is 2.40. The van der Waals surface area contributed by atoms with Crippen molar-refractivity contribution in [3.63, 3.8) is 0 Å². The lowest BCUT2D eigenvalue weighted by Crippen LogP contribution is -2.07. The van der Waals surface area contributed by atoms with E-state index in [1.54, 1.807) is 0 Å². The van der Waals surface area contributed by atoms with Crippen LogP contribution in [0.1, 0.15) is 54.4 Å². The first-order chi connectivity index (χ1) is 9.30. The molecule has 0 aromatic carbocycles. The molecule has 4 rings (SSSR count). The Kier molecular flexibility index (Phi) is 10.5. The Morgan fingerprint density at radius 1 is 0.682 bits per heavy atom. The van der Waals surface area contributed by atoms with Gasteiger partial charge in [0.15, 0.2) is 0 Å². The van der Waals surface area contributed by atoms with E-state index in [1.807, 2.05) is 0 Å². The summed E-state index contributed by atoms with van der Waals surface area (Å²) >= 11 is 7.05. The van der Waals surface area contributed by atoms with Crippen molar-refractivity contribution < 1.29 is 0 Å². The molecule has 6 atom stereocenters. The van der Waals surface area contributed by atoms with Gasteiger partial charge in [0.1, 0.15) is 0 Å². The van der Waals surface area contributed by atoms with Gasteiger partial charge < -0.3 is 0 Å². The highest BCUT2D eigenvalue weighted by Gasteiger charge is 2.35. The molecule has 2 fully saturated rings. The molecular formula is C20H36Br2. The Balaban J connectivity index is 0.000000354. The molecule has 0 aromatic rings. The highest BCUT2D eigenvalue weighted by atomic mass is 79.9. The van der Waals surface area contributed by atoms with Gasteiger partial charge in [0.2, 0.25) is 0 Å². The Morgan fingerprint density at radius 2 is 1.18 bits per heavy atom. The second kappa shape index (κ2) is 10.3. The third-order valence-electron chi connectivity index (χ3n) is 5.51. The molecule has 22 heavy (non-hydrogen) atoms. The fourth-order valence-electron chi connectivity index (χ4n) is 4.44. The number of allylic oxidation sites excluding steroid dienone is 4. The van der Waals surface area contributed by atoms with Gasteiger partial charge in [0.25, 0.3) is 0 Å². The topological polar surface area (TPSA) is 0 Å². The first-order valence-electron chi connectivity index (χ1n) is 7.78. The molecule has 0 radical (unpaired) electrons. The summed E-state index contributed by atoms with van der Waals surface area (Å²) in [5.41, 5.74) is 0. The van der Waals surface area contributed by atoms with Crippen LogP contribution in [-0.4, -0.2) is 10.7 Å². The first-order valence-corrected chi connectivity index (χ1v) is 10.0. The van der Waals surface area contributed by atoms with Crippen LogP contribution in [0.4, 0.5) is 0 Å². The van der Waals surface area contributed by atoms with E-state index in [-0.39, 0.29) is 22.3 Å². The summed E-state index contributed by atoms with van der Waals surface area (Å²) < 4.78 is 0. The van der Waals surface area contributed by atoms with Crippen LogP contribution >= 0.6 is 31.9 Å². The van der Waals surface area contributed by atoms with Crippen molar-refractivity contribution in [3.05, 3.63) is 24.3 Å². The van der Waals surface area contributed by atoms with E-state index in [1.165, 1.54) is 42.8 Å². The van der Waals surface area contributed by atoms with E-state index in [2.05, 4.69) is 56.2 Å². The third-order valence-corrected chi connectivity index (χ3v) is 6.80. The van der Waals surface area contributed by atoms with E-state index in [0.717, 1.165) is 35.5 Å². The Morgan fingerprint density at radius 3 is 1.45 bits per heavy atom.